The van der Waals surface area contributed by atoms with Gasteiger partial charge in [0.15, 0.2) is 0 Å². The highest BCUT2D eigenvalue weighted by molar-refractivity contribution is 7.89. The fraction of sp³-hybridized carbons (Fsp3) is 0.733. The van der Waals surface area contributed by atoms with Crippen LogP contribution in [-0.4, -0.2) is 21.0 Å². The quantitative estimate of drug-likeness (QED) is 0.759. The lowest BCUT2D eigenvalue weighted by atomic mass is 9.98. The Balaban J connectivity index is 1.99. The van der Waals surface area contributed by atoms with E-state index in [-0.39, 0.29) is 11.1 Å². The molecule has 2 rings (SSSR count). The predicted molar refractivity (Wildman–Crippen MR) is 82.4 cm³/mol. The first-order chi connectivity index (χ1) is 9.94. The van der Waals surface area contributed by atoms with E-state index in [4.69, 9.17) is 4.42 Å². The van der Waals surface area contributed by atoms with Crippen molar-refractivity contribution in [2.75, 3.05) is 6.54 Å². The van der Waals surface area contributed by atoms with Gasteiger partial charge >= 0.3 is 0 Å². The molecule has 3 unspecified atom stereocenters. The van der Waals surface area contributed by atoms with Gasteiger partial charge in [-0.25, -0.2) is 13.1 Å². The molecular formula is C15H26N2O3S. The molecule has 2 N–H and O–H groups in total. The number of nitrogens with one attached hydrogen (secondary N) is 2. The lowest BCUT2D eigenvalue weighted by Crippen LogP contribution is -2.37. The van der Waals surface area contributed by atoms with Crippen LogP contribution in [0.15, 0.2) is 21.6 Å². The predicted octanol–water partition coefficient (Wildman–Crippen LogP) is 2.49. The van der Waals surface area contributed by atoms with Gasteiger partial charge in [0.1, 0.15) is 5.76 Å². The minimum absolute atomic E-state index is 0.0109. The summed E-state index contributed by atoms with van der Waals surface area (Å²) in [5, 5.41) is 3.21. The van der Waals surface area contributed by atoms with Gasteiger partial charge in [-0.2, -0.15) is 0 Å². The second-order valence-corrected chi connectivity index (χ2v) is 7.68. The molecule has 1 aromatic heterocycles. The van der Waals surface area contributed by atoms with Crippen molar-refractivity contribution in [1.29, 1.82) is 0 Å². The van der Waals surface area contributed by atoms with E-state index in [0.717, 1.165) is 25.8 Å². The van der Waals surface area contributed by atoms with E-state index >= 15 is 0 Å². The molecule has 0 bridgehead atoms. The number of sulfonamides is 1. The van der Waals surface area contributed by atoms with Crippen LogP contribution in [0.5, 0.6) is 0 Å². The van der Waals surface area contributed by atoms with Crippen LogP contribution >= 0.6 is 0 Å². The summed E-state index contributed by atoms with van der Waals surface area (Å²) in [5.74, 6) is 1.57. The van der Waals surface area contributed by atoms with Gasteiger partial charge in [-0.3, -0.25) is 0 Å². The molecule has 0 radical (unpaired) electrons. The summed E-state index contributed by atoms with van der Waals surface area (Å²) in [5.41, 5.74) is 0. The lowest BCUT2D eigenvalue weighted by Gasteiger charge is -2.18. The van der Waals surface area contributed by atoms with Crippen LogP contribution in [0.3, 0.4) is 0 Å². The Kier molecular flexibility index (Phi) is 5.46. The van der Waals surface area contributed by atoms with Crippen molar-refractivity contribution in [2.24, 2.45) is 11.8 Å². The maximum Gasteiger partial charge on any atom is 0.274 e. The molecule has 1 saturated carbocycles. The van der Waals surface area contributed by atoms with Gasteiger partial charge in [0, 0.05) is 6.04 Å². The number of hydrogen-bond donors (Lipinski definition) is 2. The molecule has 1 fully saturated rings. The van der Waals surface area contributed by atoms with Crippen molar-refractivity contribution in [1.82, 2.24) is 10.0 Å². The van der Waals surface area contributed by atoms with Crippen LogP contribution in [-0.2, 0) is 16.6 Å². The maximum absolute atomic E-state index is 12.4. The Morgan fingerprint density at radius 3 is 2.67 bits per heavy atom. The molecule has 6 heteroatoms. The Bertz CT molecular complexity index is 553. The highest BCUT2D eigenvalue weighted by Gasteiger charge is 2.33. The summed E-state index contributed by atoms with van der Waals surface area (Å²) < 4.78 is 33.0. The fourth-order valence-corrected chi connectivity index (χ4v) is 4.09. The Hall–Kier alpha value is -0.850. The lowest BCUT2D eigenvalue weighted by molar-refractivity contribution is 0.381. The van der Waals surface area contributed by atoms with Gasteiger partial charge in [0.05, 0.1) is 6.54 Å². The first kappa shape index (κ1) is 16.5. The van der Waals surface area contributed by atoms with Crippen LogP contribution in [0.2, 0.25) is 0 Å². The second-order valence-electron chi connectivity index (χ2n) is 6.04. The molecule has 3 atom stereocenters. The zero-order chi connectivity index (χ0) is 15.5. The molecule has 0 spiro atoms. The van der Waals surface area contributed by atoms with Crippen LogP contribution in [0, 0.1) is 11.8 Å². The molecule has 21 heavy (non-hydrogen) atoms. The molecule has 5 nitrogen and oxygen atoms in total. The average molecular weight is 314 g/mol. The molecule has 120 valence electrons. The van der Waals surface area contributed by atoms with Gasteiger partial charge in [0.25, 0.3) is 10.0 Å². The van der Waals surface area contributed by atoms with Gasteiger partial charge in [-0.15, -0.1) is 0 Å². The minimum atomic E-state index is -3.55. The topological polar surface area (TPSA) is 71.3 Å². The summed E-state index contributed by atoms with van der Waals surface area (Å²) in [6.45, 7) is 7.80. The van der Waals surface area contributed by atoms with Crippen molar-refractivity contribution < 1.29 is 12.8 Å². The van der Waals surface area contributed by atoms with Crippen LogP contribution < -0.4 is 10.0 Å². The van der Waals surface area contributed by atoms with E-state index in [9.17, 15) is 8.42 Å². The summed E-state index contributed by atoms with van der Waals surface area (Å²) in [6, 6.07) is 3.27. The van der Waals surface area contributed by atoms with E-state index in [2.05, 4.69) is 30.8 Å². The molecule has 0 amide bonds. The summed E-state index contributed by atoms with van der Waals surface area (Å²) in [7, 11) is -3.55. The van der Waals surface area contributed by atoms with E-state index < -0.39 is 10.0 Å². The molecule has 0 aliphatic heterocycles. The van der Waals surface area contributed by atoms with Crippen LogP contribution in [0.25, 0.3) is 0 Å². The largest absolute Gasteiger partial charge is 0.447 e. The van der Waals surface area contributed by atoms with Gasteiger partial charge in [-0.1, -0.05) is 20.8 Å². The maximum atomic E-state index is 12.4. The van der Waals surface area contributed by atoms with Gasteiger partial charge < -0.3 is 9.73 Å². The molecule has 1 heterocycles. The number of furan rings is 1. The molecule has 0 saturated heterocycles. The van der Waals surface area contributed by atoms with Crippen molar-refractivity contribution in [3.63, 3.8) is 0 Å². The molecule has 1 aromatic rings. The Morgan fingerprint density at radius 2 is 2.05 bits per heavy atom. The van der Waals surface area contributed by atoms with E-state index in [1.54, 1.807) is 6.07 Å². The third kappa shape index (κ3) is 4.08. The van der Waals surface area contributed by atoms with Crippen LogP contribution in [0.1, 0.15) is 45.8 Å². The summed E-state index contributed by atoms with van der Waals surface area (Å²) in [6.07, 6.45) is 3.00. The van der Waals surface area contributed by atoms with E-state index in [0.29, 0.717) is 24.1 Å². The second kappa shape index (κ2) is 6.94. The number of rotatable bonds is 7. The number of hydrogen-bond acceptors (Lipinski definition) is 4. The monoisotopic (exact) mass is 314 g/mol. The third-order valence-electron chi connectivity index (χ3n) is 4.40. The fourth-order valence-electron chi connectivity index (χ4n) is 2.77. The van der Waals surface area contributed by atoms with Crippen LogP contribution in [0.4, 0.5) is 0 Å². The first-order valence-electron chi connectivity index (χ1n) is 7.75. The standard InChI is InChI=1S/C15H26N2O3S/c1-4-9-16-10-13-6-8-15(20-13)21(18,19)17-14-7-5-11(2)12(14)3/h6,8,11-12,14,16-17H,4-5,7,9-10H2,1-3H3. The normalized spacial score (nSPS) is 26.3. The van der Waals surface area contributed by atoms with Gasteiger partial charge in [0.2, 0.25) is 5.09 Å². The highest BCUT2D eigenvalue weighted by Crippen LogP contribution is 2.32. The molecule has 1 aliphatic rings. The van der Waals surface area contributed by atoms with Crippen molar-refractivity contribution in [2.45, 2.75) is 57.7 Å². The first-order valence-corrected chi connectivity index (χ1v) is 9.24. The van der Waals surface area contributed by atoms with E-state index in [1.807, 2.05) is 0 Å². The molecule has 1 aliphatic carbocycles. The Labute approximate surface area is 127 Å². The Morgan fingerprint density at radius 1 is 1.29 bits per heavy atom. The smallest absolute Gasteiger partial charge is 0.274 e. The average Bonchev–Trinajstić information content (AvgIpc) is 3.02. The van der Waals surface area contributed by atoms with Crippen molar-refractivity contribution >= 4 is 10.0 Å². The van der Waals surface area contributed by atoms with Crippen molar-refractivity contribution in [3.05, 3.63) is 17.9 Å². The van der Waals surface area contributed by atoms with Crippen molar-refractivity contribution in [3.8, 4) is 0 Å². The summed E-state index contributed by atoms with van der Waals surface area (Å²) in [4.78, 5) is 0. The summed E-state index contributed by atoms with van der Waals surface area (Å²) >= 11 is 0. The highest BCUT2D eigenvalue weighted by atomic mass is 32.2. The minimum Gasteiger partial charge on any atom is -0.447 e. The zero-order valence-corrected chi connectivity index (χ0v) is 13.9. The third-order valence-corrected chi connectivity index (χ3v) is 5.76. The molecular weight excluding hydrogens is 288 g/mol. The zero-order valence-electron chi connectivity index (χ0n) is 13.1. The molecule has 0 aromatic carbocycles. The SMILES string of the molecule is CCCNCc1ccc(S(=O)(=O)NC2CCC(C)C2C)o1. The van der Waals surface area contributed by atoms with E-state index in [1.165, 1.54) is 6.07 Å². The van der Waals surface area contributed by atoms with Gasteiger partial charge in [-0.05, 0) is 49.8 Å².